The first-order valence-corrected chi connectivity index (χ1v) is 9.13. The lowest BCUT2D eigenvalue weighted by atomic mass is 10.1. The number of rotatable bonds is 8. The van der Waals surface area contributed by atoms with E-state index in [0.29, 0.717) is 17.1 Å². The van der Waals surface area contributed by atoms with Gasteiger partial charge >= 0.3 is 6.18 Å². The van der Waals surface area contributed by atoms with Crippen LogP contribution in [0.5, 0.6) is 5.88 Å². The van der Waals surface area contributed by atoms with Crippen molar-refractivity contribution in [2.45, 2.75) is 39.9 Å². The van der Waals surface area contributed by atoms with Gasteiger partial charge in [0.2, 0.25) is 11.8 Å². The van der Waals surface area contributed by atoms with Crippen LogP contribution in [0.3, 0.4) is 0 Å². The molecule has 7 nitrogen and oxygen atoms in total. The maximum absolute atomic E-state index is 12.4. The first kappa shape index (κ1) is 23.3. The molecule has 2 rings (SSSR count). The number of alkyl halides is 3. The number of hydrogen-bond donors (Lipinski definition) is 2. The van der Waals surface area contributed by atoms with Gasteiger partial charge in [0.25, 0.3) is 0 Å². The Hall–Kier alpha value is -3.01. The number of ether oxygens (including phenoxy) is 1. The van der Waals surface area contributed by atoms with Crippen LogP contribution in [0.1, 0.15) is 47.1 Å². The van der Waals surface area contributed by atoms with E-state index < -0.39 is 12.8 Å². The Morgan fingerprint density at radius 2 is 1.90 bits per heavy atom. The van der Waals surface area contributed by atoms with E-state index in [1.165, 1.54) is 26.1 Å². The maximum Gasteiger partial charge on any atom is 0.422 e. The monoisotopic (exact) mass is 424 g/mol. The number of Topliss-reactive ketones (excluding diaryl/α,β-unsaturated/α-hetero) is 1. The summed E-state index contributed by atoms with van der Waals surface area (Å²) < 4.78 is 41.4. The Labute approximate surface area is 172 Å². The average molecular weight is 424 g/mol. The number of carbonyl (C=O) groups is 2. The SMILES string of the molecule is CC(=O)Nc1cc(C(C)NCC(=O)c2cnc(OCC(F)(F)F)c(C)c2)cc(C)n1. The standard InChI is InChI=1S/C20H23F3N4O3/c1-11-5-16(8-25-19(11)30-10-20(21,22)23)17(29)9-24-13(3)15-6-12(2)26-18(7-15)27-14(4)28/h5-8,13,24H,9-10H2,1-4H3,(H,26,27,28). The van der Waals surface area contributed by atoms with Crippen LogP contribution in [0.2, 0.25) is 0 Å². The van der Waals surface area contributed by atoms with Crippen molar-refractivity contribution in [3.8, 4) is 5.88 Å². The summed E-state index contributed by atoms with van der Waals surface area (Å²) in [5.74, 6) is -0.247. The zero-order chi connectivity index (χ0) is 22.5. The van der Waals surface area contributed by atoms with Crippen LogP contribution in [0.25, 0.3) is 0 Å². The van der Waals surface area contributed by atoms with Gasteiger partial charge in [-0.15, -0.1) is 0 Å². The number of ketones is 1. The average Bonchev–Trinajstić information content (AvgIpc) is 2.63. The Kier molecular flexibility index (Phi) is 7.49. The van der Waals surface area contributed by atoms with Crippen molar-refractivity contribution < 1.29 is 27.5 Å². The van der Waals surface area contributed by atoms with Gasteiger partial charge in [-0.2, -0.15) is 13.2 Å². The minimum Gasteiger partial charge on any atom is -0.468 e. The van der Waals surface area contributed by atoms with E-state index >= 15 is 0 Å². The molecule has 1 unspecified atom stereocenters. The van der Waals surface area contributed by atoms with Crippen LogP contribution in [-0.2, 0) is 4.79 Å². The molecule has 0 saturated carbocycles. The molecular weight excluding hydrogens is 401 g/mol. The summed E-state index contributed by atoms with van der Waals surface area (Å²) in [6.07, 6.45) is -3.27. The molecule has 0 saturated heterocycles. The van der Waals surface area contributed by atoms with Crippen LogP contribution in [0, 0.1) is 13.8 Å². The molecule has 1 amide bonds. The number of pyridine rings is 2. The fraction of sp³-hybridized carbons (Fsp3) is 0.400. The van der Waals surface area contributed by atoms with Crippen molar-refractivity contribution in [2.24, 2.45) is 0 Å². The third-order valence-electron chi connectivity index (χ3n) is 4.07. The van der Waals surface area contributed by atoms with Crippen molar-refractivity contribution in [3.05, 3.63) is 46.8 Å². The second kappa shape index (κ2) is 9.66. The molecule has 0 aliphatic heterocycles. The maximum atomic E-state index is 12.4. The van der Waals surface area contributed by atoms with Crippen LogP contribution < -0.4 is 15.4 Å². The predicted octanol–water partition coefficient (Wildman–Crippen LogP) is 3.53. The molecule has 0 aliphatic rings. The van der Waals surface area contributed by atoms with Crippen molar-refractivity contribution in [1.82, 2.24) is 15.3 Å². The second-order valence-corrected chi connectivity index (χ2v) is 6.88. The topological polar surface area (TPSA) is 93.2 Å². The first-order chi connectivity index (χ1) is 13.9. The Morgan fingerprint density at radius 1 is 1.20 bits per heavy atom. The highest BCUT2D eigenvalue weighted by Gasteiger charge is 2.29. The van der Waals surface area contributed by atoms with Crippen LogP contribution in [0.4, 0.5) is 19.0 Å². The Morgan fingerprint density at radius 3 is 2.50 bits per heavy atom. The third kappa shape index (κ3) is 7.11. The number of carbonyl (C=O) groups excluding carboxylic acids is 2. The van der Waals surface area contributed by atoms with Gasteiger partial charge in [0, 0.05) is 36.0 Å². The molecule has 10 heteroatoms. The molecular formula is C20H23F3N4O3. The number of aromatic nitrogens is 2. The van der Waals surface area contributed by atoms with Crippen molar-refractivity contribution in [1.29, 1.82) is 0 Å². The minimum atomic E-state index is -4.46. The van der Waals surface area contributed by atoms with E-state index in [1.807, 2.05) is 13.0 Å². The van der Waals surface area contributed by atoms with E-state index in [0.717, 1.165) is 5.56 Å². The molecule has 2 heterocycles. The minimum absolute atomic E-state index is 0.0120. The zero-order valence-electron chi connectivity index (χ0n) is 17.1. The molecule has 0 aromatic carbocycles. The van der Waals surface area contributed by atoms with Gasteiger partial charge in [0.05, 0.1) is 6.54 Å². The summed E-state index contributed by atoms with van der Waals surface area (Å²) in [6, 6.07) is 4.78. The summed E-state index contributed by atoms with van der Waals surface area (Å²) in [5, 5.41) is 5.71. The van der Waals surface area contributed by atoms with E-state index in [-0.39, 0.29) is 35.7 Å². The third-order valence-corrected chi connectivity index (χ3v) is 4.07. The summed E-state index contributed by atoms with van der Waals surface area (Å²) in [4.78, 5) is 31.7. The van der Waals surface area contributed by atoms with Gasteiger partial charge < -0.3 is 15.4 Å². The Balaban J connectivity index is 2.01. The highest BCUT2D eigenvalue weighted by atomic mass is 19.4. The number of anilines is 1. The molecule has 0 fully saturated rings. The number of aryl methyl sites for hydroxylation is 2. The van der Waals surface area contributed by atoms with Gasteiger partial charge in [0.1, 0.15) is 5.82 Å². The molecule has 0 spiro atoms. The molecule has 2 N–H and O–H groups in total. The Bertz CT molecular complexity index is 932. The lowest BCUT2D eigenvalue weighted by molar-refractivity contribution is -0.154. The molecule has 2 aromatic heterocycles. The van der Waals surface area contributed by atoms with Crippen molar-refractivity contribution in [2.75, 3.05) is 18.5 Å². The predicted molar refractivity (Wildman–Crippen MR) is 105 cm³/mol. The quantitative estimate of drug-likeness (QED) is 0.630. The fourth-order valence-electron chi connectivity index (χ4n) is 2.67. The van der Waals surface area contributed by atoms with Crippen LogP contribution >= 0.6 is 0 Å². The van der Waals surface area contributed by atoms with Gasteiger partial charge in [0.15, 0.2) is 12.4 Å². The normalized spacial score (nSPS) is 12.4. The summed E-state index contributed by atoms with van der Waals surface area (Å²) in [5.41, 5.74) is 2.15. The van der Waals surface area contributed by atoms with Gasteiger partial charge in [-0.05, 0) is 44.5 Å². The van der Waals surface area contributed by atoms with E-state index in [4.69, 9.17) is 0 Å². The number of halogens is 3. The van der Waals surface area contributed by atoms with Crippen LogP contribution in [0.15, 0.2) is 24.4 Å². The summed E-state index contributed by atoms with van der Waals surface area (Å²) in [7, 11) is 0. The smallest absolute Gasteiger partial charge is 0.422 e. The van der Waals surface area contributed by atoms with Gasteiger partial charge in [-0.3, -0.25) is 9.59 Å². The summed E-state index contributed by atoms with van der Waals surface area (Å²) >= 11 is 0. The van der Waals surface area contributed by atoms with Crippen molar-refractivity contribution >= 4 is 17.5 Å². The molecule has 30 heavy (non-hydrogen) atoms. The number of nitrogens with zero attached hydrogens (tertiary/aromatic N) is 2. The molecule has 0 aliphatic carbocycles. The van der Waals surface area contributed by atoms with E-state index in [1.54, 1.807) is 13.0 Å². The molecule has 162 valence electrons. The largest absolute Gasteiger partial charge is 0.468 e. The van der Waals surface area contributed by atoms with E-state index in [9.17, 15) is 22.8 Å². The molecule has 2 aromatic rings. The first-order valence-electron chi connectivity index (χ1n) is 9.13. The van der Waals surface area contributed by atoms with E-state index in [2.05, 4.69) is 25.3 Å². The number of nitrogens with one attached hydrogen (secondary N) is 2. The fourth-order valence-corrected chi connectivity index (χ4v) is 2.67. The molecule has 0 radical (unpaired) electrons. The highest BCUT2D eigenvalue weighted by molar-refractivity contribution is 5.97. The molecule has 1 atom stereocenters. The molecule has 0 bridgehead atoms. The van der Waals surface area contributed by atoms with Crippen molar-refractivity contribution in [3.63, 3.8) is 0 Å². The van der Waals surface area contributed by atoms with Gasteiger partial charge in [-0.1, -0.05) is 0 Å². The number of hydrogen-bond acceptors (Lipinski definition) is 6. The number of amides is 1. The second-order valence-electron chi connectivity index (χ2n) is 6.88. The highest BCUT2D eigenvalue weighted by Crippen LogP contribution is 2.21. The van der Waals surface area contributed by atoms with Gasteiger partial charge in [-0.25, -0.2) is 9.97 Å². The lowest BCUT2D eigenvalue weighted by Gasteiger charge is -2.16. The lowest BCUT2D eigenvalue weighted by Crippen LogP contribution is -2.26. The zero-order valence-corrected chi connectivity index (χ0v) is 17.1. The van der Waals surface area contributed by atoms with Crippen LogP contribution in [-0.4, -0.2) is 41.0 Å². The summed E-state index contributed by atoms with van der Waals surface area (Å²) in [6.45, 7) is 5.11.